The molecule has 0 aliphatic rings. The van der Waals surface area contributed by atoms with Gasteiger partial charge in [0.15, 0.2) is 0 Å². The van der Waals surface area contributed by atoms with Crippen LogP contribution in [0, 0.1) is 5.82 Å². The maximum absolute atomic E-state index is 13.7. The number of hydrogen-bond acceptors (Lipinski definition) is 3. The molecule has 2 rings (SSSR count). The zero-order chi connectivity index (χ0) is 13.8. The van der Waals surface area contributed by atoms with Crippen molar-refractivity contribution in [2.75, 3.05) is 17.7 Å². The Morgan fingerprint density at radius 3 is 2.74 bits per heavy atom. The molecule has 0 heterocycles. The number of benzene rings is 2. The van der Waals surface area contributed by atoms with Gasteiger partial charge in [0, 0.05) is 28.0 Å². The second-order valence-electron chi connectivity index (χ2n) is 3.97. The molecular weight excluding hydrogens is 311 g/mol. The van der Waals surface area contributed by atoms with Crippen LogP contribution in [0.3, 0.4) is 0 Å². The molecule has 0 bridgehead atoms. The van der Waals surface area contributed by atoms with E-state index in [2.05, 4.69) is 21.2 Å². The molecule has 0 amide bonds. The van der Waals surface area contributed by atoms with Crippen LogP contribution >= 0.6 is 15.9 Å². The van der Waals surface area contributed by atoms with Crippen molar-refractivity contribution < 1.29 is 9.13 Å². The summed E-state index contributed by atoms with van der Waals surface area (Å²) < 4.78 is 19.8. The highest BCUT2D eigenvalue weighted by atomic mass is 79.9. The summed E-state index contributed by atoms with van der Waals surface area (Å²) in [7, 11) is 0. The minimum atomic E-state index is -0.338. The largest absolute Gasteiger partial charge is 0.494 e. The summed E-state index contributed by atoms with van der Waals surface area (Å²) in [5, 5.41) is 2.98. The summed E-state index contributed by atoms with van der Waals surface area (Å²) in [6, 6.07) is 10.1. The van der Waals surface area contributed by atoms with E-state index in [0.717, 1.165) is 0 Å². The molecule has 3 N–H and O–H groups in total. The third kappa shape index (κ3) is 3.61. The first-order chi connectivity index (χ1) is 9.08. The highest BCUT2D eigenvalue weighted by molar-refractivity contribution is 9.10. The predicted octanol–water partition coefficient (Wildman–Crippen LogP) is 4.31. The van der Waals surface area contributed by atoms with Gasteiger partial charge < -0.3 is 15.8 Å². The normalized spacial score (nSPS) is 10.3. The van der Waals surface area contributed by atoms with E-state index < -0.39 is 0 Å². The Labute approximate surface area is 119 Å². The van der Waals surface area contributed by atoms with E-state index in [4.69, 9.17) is 10.5 Å². The van der Waals surface area contributed by atoms with Crippen molar-refractivity contribution in [2.24, 2.45) is 0 Å². The molecule has 0 saturated heterocycles. The van der Waals surface area contributed by atoms with Gasteiger partial charge >= 0.3 is 0 Å². The van der Waals surface area contributed by atoms with E-state index in [-0.39, 0.29) is 5.82 Å². The van der Waals surface area contributed by atoms with Gasteiger partial charge in [-0.15, -0.1) is 0 Å². The van der Waals surface area contributed by atoms with Crippen molar-refractivity contribution in [1.29, 1.82) is 0 Å². The van der Waals surface area contributed by atoms with Gasteiger partial charge in [0.05, 0.1) is 12.3 Å². The van der Waals surface area contributed by atoms with Crippen LogP contribution in [0.25, 0.3) is 0 Å². The Morgan fingerprint density at radius 2 is 2.05 bits per heavy atom. The molecule has 0 radical (unpaired) electrons. The third-order valence-electron chi connectivity index (χ3n) is 2.45. The van der Waals surface area contributed by atoms with Gasteiger partial charge in [-0.1, -0.05) is 15.9 Å². The topological polar surface area (TPSA) is 47.3 Å². The first-order valence-electron chi connectivity index (χ1n) is 5.84. The number of rotatable bonds is 4. The quantitative estimate of drug-likeness (QED) is 0.824. The number of halogens is 2. The molecule has 0 spiro atoms. The number of nitrogens with two attached hydrogens (primary N) is 1. The smallest absolute Gasteiger partial charge is 0.147 e. The molecule has 5 heteroatoms. The molecule has 0 aromatic heterocycles. The number of ether oxygens (including phenoxy) is 1. The Hall–Kier alpha value is -1.75. The first kappa shape index (κ1) is 13.7. The zero-order valence-electron chi connectivity index (χ0n) is 10.4. The van der Waals surface area contributed by atoms with E-state index >= 15 is 0 Å². The molecule has 0 aliphatic heterocycles. The van der Waals surface area contributed by atoms with Gasteiger partial charge in [-0.3, -0.25) is 0 Å². The minimum absolute atomic E-state index is 0.338. The van der Waals surface area contributed by atoms with Crippen molar-refractivity contribution in [3.05, 3.63) is 46.7 Å². The summed E-state index contributed by atoms with van der Waals surface area (Å²) in [6.45, 7) is 2.44. The van der Waals surface area contributed by atoms with E-state index in [0.29, 0.717) is 33.9 Å². The number of hydrogen-bond donors (Lipinski definition) is 2. The molecule has 3 nitrogen and oxygen atoms in total. The van der Waals surface area contributed by atoms with Gasteiger partial charge in [-0.05, 0) is 31.2 Å². The fourth-order valence-corrected chi connectivity index (χ4v) is 2.02. The summed E-state index contributed by atoms with van der Waals surface area (Å²) >= 11 is 3.22. The lowest BCUT2D eigenvalue weighted by Crippen LogP contribution is -1.98. The summed E-state index contributed by atoms with van der Waals surface area (Å²) in [5.74, 6) is 0.317. The Bertz CT molecular complexity index is 590. The Balaban J connectivity index is 2.27. The van der Waals surface area contributed by atoms with E-state index in [1.165, 1.54) is 6.07 Å². The highest BCUT2D eigenvalue weighted by Crippen LogP contribution is 2.27. The Morgan fingerprint density at radius 1 is 1.26 bits per heavy atom. The van der Waals surface area contributed by atoms with Crippen LogP contribution < -0.4 is 15.8 Å². The fraction of sp³-hybridized carbons (Fsp3) is 0.143. The minimum Gasteiger partial charge on any atom is -0.494 e. The van der Waals surface area contributed by atoms with Crippen LogP contribution in [-0.4, -0.2) is 6.61 Å². The van der Waals surface area contributed by atoms with Crippen molar-refractivity contribution in [3.63, 3.8) is 0 Å². The van der Waals surface area contributed by atoms with Crippen LogP contribution in [0.2, 0.25) is 0 Å². The Kier molecular flexibility index (Phi) is 4.27. The van der Waals surface area contributed by atoms with Gasteiger partial charge in [0.1, 0.15) is 11.6 Å². The van der Waals surface area contributed by atoms with Crippen LogP contribution in [0.15, 0.2) is 40.9 Å². The SMILES string of the molecule is CCOc1cc(N)cc(Nc2ccc(Br)cc2F)c1. The van der Waals surface area contributed by atoms with Gasteiger partial charge in [-0.2, -0.15) is 0 Å². The van der Waals surface area contributed by atoms with Gasteiger partial charge in [0.25, 0.3) is 0 Å². The molecule has 2 aromatic rings. The molecule has 0 atom stereocenters. The lowest BCUT2D eigenvalue weighted by Gasteiger charge is -2.11. The maximum Gasteiger partial charge on any atom is 0.147 e. The first-order valence-corrected chi connectivity index (χ1v) is 6.63. The molecule has 0 aliphatic carbocycles. The van der Waals surface area contributed by atoms with Crippen LogP contribution in [0.4, 0.5) is 21.5 Å². The van der Waals surface area contributed by atoms with Crippen LogP contribution in [0.1, 0.15) is 6.92 Å². The lowest BCUT2D eigenvalue weighted by atomic mass is 10.2. The van der Waals surface area contributed by atoms with Crippen LogP contribution in [-0.2, 0) is 0 Å². The van der Waals surface area contributed by atoms with E-state index in [1.54, 1.807) is 30.3 Å². The molecule has 0 unspecified atom stereocenters. The lowest BCUT2D eigenvalue weighted by molar-refractivity contribution is 0.340. The monoisotopic (exact) mass is 324 g/mol. The molecule has 19 heavy (non-hydrogen) atoms. The second-order valence-corrected chi connectivity index (χ2v) is 4.89. The van der Waals surface area contributed by atoms with Crippen molar-refractivity contribution >= 4 is 33.0 Å². The molecule has 100 valence electrons. The summed E-state index contributed by atoms with van der Waals surface area (Å²) in [6.07, 6.45) is 0. The highest BCUT2D eigenvalue weighted by Gasteiger charge is 2.05. The second kappa shape index (κ2) is 5.93. The summed E-state index contributed by atoms with van der Waals surface area (Å²) in [5.41, 5.74) is 7.42. The van der Waals surface area contributed by atoms with Crippen LogP contribution in [0.5, 0.6) is 5.75 Å². The van der Waals surface area contributed by atoms with Crippen molar-refractivity contribution in [1.82, 2.24) is 0 Å². The van der Waals surface area contributed by atoms with E-state index in [1.807, 2.05) is 6.92 Å². The maximum atomic E-state index is 13.7. The number of nitrogen functional groups attached to an aromatic ring is 1. The number of nitrogens with one attached hydrogen (secondary N) is 1. The van der Waals surface area contributed by atoms with Crippen molar-refractivity contribution in [2.45, 2.75) is 6.92 Å². The average Bonchev–Trinajstić information content (AvgIpc) is 2.32. The fourth-order valence-electron chi connectivity index (χ4n) is 1.69. The average molecular weight is 325 g/mol. The third-order valence-corrected chi connectivity index (χ3v) is 2.94. The zero-order valence-corrected chi connectivity index (χ0v) is 12.0. The van der Waals surface area contributed by atoms with E-state index in [9.17, 15) is 4.39 Å². The molecular formula is C14H14BrFN2O. The molecule has 0 fully saturated rings. The van der Waals surface area contributed by atoms with Gasteiger partial charge in [-0.25, -0.2) is 4.39 Å². The summed E-state index contributed by atoms with van der Waals surface area (Å²) in [4.78, 5) is 0. The predicted molar refractivity (Wildman–Crippen MR) is 79.4 cm³/mol. The standard InChI is InChI=1S/C14H14BrFN2O/c1-2-19-12-7-10(17)6-11(8-12)18-14-4-3-9(15)5-13(14)16/h3-8,18H,2,17H2,1H3. The van der Waals surface area contributed by atoms with Gasteiger partial charge in [0.2, 0.25) is 0 Å². The molecule has 2 aromatic carbocycles. The van der Waals surface area contributed by atoms with Crippen molar-refractivity contribution in [3.8, 4) is 5.75 Å². The molecule has 0 saturated carbocycles. The number of anilines is 3.